The van der Waals surface area contributed by atoms with Crippen LogP contribution < -0.4 is 5.32 Å². The lowest BCUT2D eigenvalue weighted by atomic mass is 9.92. The van der Waals surface area contributed by atoms with E-state index < -0.39 is 12.0 Å². The van der Waals surface area contributed by atoms with Crippen molar-refractivity contribution >= 4 is 11.8 Å². The normalized spacial score (nSPS) is 12.5. The molecular weight excluding hydrogens is 254 g/mol. The van der Waals surface area contributed by atoms with Crippen LogP contribution in [0.25, 0.3) is 0 Å². The summed E-state index contributed by atoms with van der Waals surface area (Å²) in [7, 11) is 0. The van der Waals surface area contributed by atoms with E-state index in [2.05, 4.69) is 5.32 Å². The van der Waals surface area contributed by atoms with E-state index in [1.54, 1.807) is 0 Å². The van der Waals surface area contributed by atoms with E-state index >= 15 is 0 Å². The van der Waals surface area contributed by atoms with Crippen LogP contribution in [-0.4, -0.2) is 28.9 Å². The van der Waals surface area contributed by atoms with Gasteiger partial charge in [-0.05, 0) is 31.9 Å². The summed E-state index contributed by atoms with van der Waals surface area (Å²) in [6.07, 6.45) is -0.205. The zero-order valence-corrected chi connectivity index (χ0v) is 12.8. The van der Waals surface area contributed by atoms with Gasteiger partial charge in [-0.3, -0.25) is 9.59 Å². The van der Waals surface area contributed by atoms with Crippen molar-refractivity contribution in [1.29, 1.82) is 0 Å². The summed E-state index contributed by atoms with van der Waals surface area (Å²) in [5.41, 5.74) is 3.53. The molecule has 1 aromatic carbocycles. The van der Waals surface area contributed by atoms with Crippen molar-refractivity contribution in [1.82, 2.24) is 5.32 Å². The molecule has 110 valence electrons. The number of carboxylic acid groups (broad SMARTS) is 1. The molecule has 0 saturated carbocycles. The maximum Gasteiger partial charge on any atom is 0.305 e. The van der Waals surface area contributed by atoms with E-state index in [-0.39, 0.29) is 18.2 Å². The standard InChI is InChI=1S/C16H23NO3/c1-9(2)17-13(8-14(18)19)16(20)15-11(4)6-10(3)7-12(15)5/h6-7,9,13,17H,8H2,1-5H3,(H,18,19). The Hall–Kier alpha value is -1.68. The summed E-state index contributed by atoms with van der Waals surface area (Å²) >= 11 is 0. The summed E-state index contributed by atoms with van der Waals surface area (Å²) in [6, 6.07) is 3.27. The lowest BCUT2D eigenvalue weighted by Gasteiger charge is -2.21. The summed E-state index contributed by atoms with van der Waals surface area (Å²) in [6.45, 7) is 9.56. The molecule has 0 spiro atoms. The molecule has 4 nitrogen and oxygen atoms in total. The SMILES string of the molecule is Cc1cc(C)c(C(=O)C(CC(=O)O)NC(C)C)c(C)c1. The van der Waals surface area contributed by atoms with Gasteiger partial charge >= 0.3 is 5.97 Å². The number of carboxylic acids is 1. The third kappa shape index (κ3) is 4.17. The monoisotopic (exact) mass is 277 g/mol. The Morgan fingerprint density at radius 2 is 1.65 bits per heavy atom. The molecule has 0 bridgehead atoms. The molecule has 2 N–H and O–H groups in total. The summed E-state index contributed by atoms with van der Waals surface area (Å²) in [4.78, 5) is 23.6. The molecule has 0 heterocycles. The first kappa shape index (κ1) is 16.4. The van der Waals surface area contributed by atoms with Crippen molar-refractivity contribution in [3.05, 3.63) is 34.4 Å². The van der Waals surface area contributed by atoms with Crippen molar-refractivity contribution < 1.29 is 14.7 Å². The van der Waals surface area contributed by atoms with Crippen molar-refractivity contribution in [3.63, 3.8) is 0 Å². The van der Waals surface area contributed by atoms with Gasteiger partial charge in [-0.1, -0.05) is 31.5 Å². The lowest BCUT2D eigenvalue weighted by molar-refractivity contribution is -0.137. The van der Waals surface area contributed by atoms with E-state index in [1.165, 1.54) is 0 Å². The minimum absolute atomic E-state index is 0.0503. The molecule has 0 amide bonds. The van der Waals surface area contributed by atoms with Crippen molar-refractivity contribution in [2.75, 3.05) is 0 Å². The number of aryl methyl sites for hydroxylation is 3. The number of Topliss-reactive ketones (excluding diaryl/α,β-unsaturated/α-hetero) is 1. The highest BCUT2D eigenvalue weighted by Gasteiger charge is 2.25. The third-order valence-corrected chi connectivity index (χ3v) is 3.15. The van der Waals surface area contributed by atoms with Gasteiger partial charge in [0, 0.05) is 11.6 Å². The van der Waals surface area contributed by atoms with Crippen LogP contribution in [0.15, 0.2) is 12.1 Å². The Bertz CT molecular complexity index is 497. The zero-order chi connectivity index (χ0) is 15.4. The first-order valence-corrected chi connectivity index (χ1v) is 6.82. The maximum atomic E-state index is 12.6. The largest absolute Gasteiger partial charge is 0.481 e. The highest BCUT2D eigenvalue weighted by Crippen LogP contribution is 2.19. The molecule has 1 atom stereocenters. The van der Waals surface area contributed by atoms with E-state index in [0.29, 0.717) is 5.56 Å². The fourth-order valence-electron chi connectivity index (χ4n) is 2.55. The Morgan fingerprint density at radius 1 is 1.15 bits per heavy atom. The number of aliphatic carboxylic acids is 1. The maximum absolute atomic E-state index is 12.6. The number of benzene rings is 1. The number of carbonyl (C=O) groups is 2. The van der Waals surface area contributed by atoms with Gasteiger partial charge in [0.1, 0.15) is 0 Å². The average Bonchev–Trinajstić information content (AvgIpc) is 2.24. The second kappa shape index (κ2) is 6.66. The van der Waals surface area contributed by atoms with Crippen LogP contribution in [0, 0.1) is 20.8 Å². The van der Waals surface area contributed by atoms with Gasteiger partial charge in [-0.25, -0.2) is 0 Å². The van der Waals surface area contributed by atoms with Gasteiger partial charge in [-0.15, -0.1) is 0 Å². The number of ketones is 1. The van der Waals surface area contributed by atoms with Gasteiger partial charge in [0.2, 0.25) is 0 Å². The van der Waals surface area contributed by atoms with Gasteiger partial charge in [0.25, 0.3) is 0 Å². The molecule has 0 aromatic heterocycles. The number of rotatable bonds is 6. The number of carbonyl (C=O) groups excluding carboxylic acids is 1. The quantitative estimate of drug-likeness (QED) is 0.784. The van der Waals surface area contributed by atoms with Gasteiger partial charge in [-0.2, -0.15) is 0 Å². The van der Waals surface area contributed by atoms with Crippen LogP contribution in [0.5, 0.6) is 0 Å². The first-order chi connectivity index (χ1) is 9.22. The molecule has 0 aliphatic rings. The second-order valence-corrected chi connectivity index (χ2v) is 5.61. The molecule has 1 rings (SSSR count). The van der Waals surface area contributed by atoms with Crippen LogP contribution in [0.3, 0.4) is 0 Å². The van der Waals surface area contributed by atoms with E-state index in [1.807, 2.05) is 46.8 Å². The Labute approximate surface area is 120 Å². The van der Waals surface area contributed by atoms with E-state index in [0.717, 1.165) is 16.7 Å². The molecule has 0 saturated heterocycles. The molecule has 1 aromatic rings. The molecule has 0 aliphatic carbocycles. The third-order valence-electron chi connectivity index (χ3n) is 3.15. The topological polar surface area (TPSA) is 66.4 Å². The fraction of sp³-hybridized carbons (Fsp3) is 0.500. The molecule has 0 fully saturated rings. The Kier molecular flexibility index (Phi) is 5.45. The van der Waals surface area contributed by atoms with Crippen LogP contribution in [0.1, 0.15) is 47.3 Å². The van der Waals surface area contributed by atoms with Crippen molar-refractivity contribution in [2.24, 2.45) is 0 Å². The van der Waals surface area contributed by atoms with Crippen LogP contribution >= 0.6 is 0 Å². The Balaban J connectivity index is 3.15. The minimum Gasteiger partial charge on any atom is -0.481 e. The first-order valence-electron chi connectivity index (χ1n) is 6.82. The summed E-state index contributed by atoms with van der Waals surface area (Å²) in [5.74, 6) is -1.12. The van der Waals surface area contributed by atoms with Gasteiger partial charge in [0.05, 0.1) is 12.5 Å². The second-order valence-electron chi connectivity index (χ2n) is 5.61. The van der Waals surface area contributed by atoms with Gasteiger partial charge in [0.15, 0.2) is 5.78 Å². The fourth-order valence-corrected chi connectivity index (χ4v) is 2.55. The molecule has 0 radical (unpaired) electrons. The van der Waals surface area contributed by atoms with Crippen molar-refractivity contribution in [2.45, 2.75) is 53.1 Å². The highest BCUT2D eigenvalue weighted by molar-refractivity contribution is 6.04. The van der Waals surface area contributed by atoms with E-state index in [4.69, 9.17) is 5.11 Å². The lowest BCUT2D eigenvalue weighted by Crippen LogP contribution is -2.42. The summed E-state index contributed by atoms with van der Waals surface area (Å²) < 4.78 is 0. The minimum atomic E-state index is -0.973. The van der Waals surface area contributed by atoms with Crippen LogP contribution in [-0.2, 0) is 4.79 Å². The predicted octanol–water partition coefficient (Wildman–Crippen LogP) is 2.64. The molecule has 1 unspecified atom stereocenters. The van der Waals surface area contributed by atoms with Gasteiger partial charge < -0.3 is 10.4 Å². The smallest absolute Gasteiger partial charge is 0.305 e. The molecule has 20 heavy (non-hydrogen) atoms. The predicted molar refractivity (Wildman–Crippen MR) is 79.3 cm³/mol. The van der Waals surface area contributed by atoms with E-state index in [9.17, 15) is 9.59 Å². The molecule has 0 aliphatic heterocycles. The molecular formula is C16H23NO3. The molecule has 4 heteroatoms. The zero-order valence-electron chi connectivity index (χ0n) is 12.8. The average molecular weight is 277 g/mol. The number of nitrogens with one attached hydrogen (secondary N) is 1. The number of hydrogen-bond donors (Lipinski definition) is 2. The number of hydrogen-bond acceptors (Lipinski definition) is 3. The van der Waals surface area contributed by atoms with Crippen LogP contribution in [0.2, 0.25) is 0 Å². The van der Waals surface area contributed by atoms with Crippen molar-refractivity contribution in [3.8, 4) is 0 Å². The van der Waals surface area contributed by atoms with Crippen LogP contribution in [0.4, 0.5) is 0 Å². The highest BCUT2D eigenvalue weighted by atomic mass is 16.4. The Morgan fingerprint density at radius 3 is 2.05 bits per heavy atom. The summed E-state index contributed by atoms with van der Waals surface area (Å²) in [5, 5.41) is 12.0.